The summed E-state index contributed by atoms with van der Waals surface area (Å²) < 4.78 is 45.3. The summed E-state index contributed by atoms with van der Waals surface area (Å²) >= 11 is 0. The SMILES string of the molecule is COc1c(NC(=O)Nc2ccc(Oc3ccnc(Nc4ccc5c(c4)CS(O)(O)C5)n3)c3ccccc23)cc(C(C)(C)C)cc1P(C)(C)=O. The highest BCUT2D eigenvalue weighted by atomic mass is 32.3. The summed E-state index contributed by atoms with van der Waals surface area (Å²) in [6.45, 7) is 9.54. The predicted molar refractivity (Wildman–Crippen MR) is 199 cm³/mol. The van der Waals surface area contributed by atoms with E-state index in [0.29, 0.717) is 40.0 Å². The van der Waals surface area contributed by atoms with Gasteiger partial charge in [-0.1, -0.05) is 51.1 Å². The van der Waals surface area contributed by atoms with Crippen LogP contribution in [0, 0.1) is 0 Å². The van der Waals surface area contributed by atoms with Gasteiger partial charge in [-0.25, -0.2) is 9.78 Å². The van der Waals surface area contributed by atoms with Gasteiger partial charge >= 0.3 is 6.03 Å². The topological polar surface area (TPSA) is 155 Å². The lowest BCUT2D eigenvalue weighted by Crippen LogP contribution is -2.23. The third-order valence-corrected chi connectivity index (χ3v) is 11.2. The number of anilines is 4. The molecule has 5 N–H and O–H groups in total. The van der Waals surface area contributed by atoms with Gasteiger partial charge in [0.25, 0.3) is 0 Å². The molecule has 4 aromatic carbocycles. The summed E-state index contributed by atoms with van der Waals surface area (Å²) in [4.78, 5) is 22.3. The molecule has 5 aromatic rings. The molecule has 2 heterocycles. The zero-order valence-electron chi connectivity index (χ0n) is 28.2. The predicted octanol–water partition coefficient (Wildman–Crippen LogP) is 9.13. The van der Waals surface area contributed by atoms with Gasteiger partial charge in [-0.2, -0.15) is 15.6 Å². The number of rotatable bonds is 8. The zero-order chi connectivity index (χ0) is 35.1. The van der Waals surface area contributed by atoms with Crippen molar-refractivity contribution in [2.24, 2.45) is 0 Å². The summed E-state index contributed by atoms with van der Waals surface area (Å²) in [5.74, 6) is 2.04. The molecule has 0 fully saturated rings. The van der Waals surface area contributed by atoms with Gasteiger partial charge in [0.15, 0.2) is 5.75 Å². The molecule has 0 saturated heterocycles. The molecule has 0 bridgehead atoms. The number of hydrogen-bond donors (Lipinski definition) is 5. The fourth-order valence-electron chi connectivity index (χ4n) is 5.73. The molecule has 1 aromatic heterocycles. The van der Waals surface area contributed by atoms with E-state index in [-0.39, 0.29) is 16.9 Å². The van der Waals surface area contributed by atoms with Crippen LogP contribution in [0.5, 0.6) is 17.4 Å². The van der Waals surface area contributed by atoms with Gasteiger partial charge in [0, 0.05) is 28.7 Å². The smallest absolute Gasteiger partial charge is 0.323 e. The van der Waals surface area contributed by atoms with Crippen molar-refractivity contribution in [2.45, 2.75) is 37.7 Å². The van der Waals surface area contributed by atoms with Crippen molar-refractivity contribution in [3.8, 4) is 17.4 Å². The van der Waals surface area contributed by atoms with Crippen molar-refractivity contribution in [1.29, 1.82) is 0 Å². The van der Waals surface area contributed by atoms with Crippen LogP contribution in [0.3, 0.4) is 0 Å². The number of nitrogens with zero attached hydrogens (tertiary/aromatic N) is 2. The quantitative estimate of drug-likeness (QED) is 0.0996. The molecule has 49 heavy (non-hydrogen) atoms. The Morgan fingerprint density at radius 1 is 0.898 bits per heavy atom. The maximum atomic E-state index is 13.4. The molecule has 0 spiro atoms. The largest absolute Gasteiger partial charge is 0.494 e. The molecule has 6 rings (SSSR count). The van der Waals surface area contributed by atoms with Crippen molar-refractivity contribution in [1.82, 2.24) is 9.97 Å². The van der Waals surface area contributed by atoms with Crippen LogP contribution in [0.1, 0.15) is 37.5 Å². The number of nitrogens with one attached hydrogen (secondary N) is 3. The number of carbonyl (C=O) groups is 1. The van der Waals surface area contributed by atoms with Crippen LogP contribution in [0.15, 0.2) is 79.0 Å². The number of carbonyl (C=O) groups excluding carboxylic acids is 1. The summed E-state index contributed by atoms with van der Waals surface area (Å²) in [5.41, 5.74) is 4.20. The average Bonchev–Trinajstić information content (AvgIpc) is 3.34. The van der Waals surface area contributed by atoms with E-state index in [2.05, 4.69) is 46.7 Å². The lowest BCUT2D eigenvalue weighted by molar-refractivity contribution is 0.262. The van der Waals surface area contributed by atoms with E-state index in [4.69, 9.17) is 9.47 Å². The highest BCUT2D eigenvalue weighted by Gasteiger charge is 2.27. The Morgan fingerprint density at radius 2 is 1.61 bits per heavy atom. The van der Waals surface area contributed by atoms with E-state index in [9.17, 15) is 18.5 Å². The first-order valence-electron chi connectivity index (χ1n) is 15.6. The average molecular weight is 702 g/mol. The fraction of sp³-hybridized carbons (Fsp3) is 0.250. The number of aromatic nitrogens is 2. The van der Waals surface area contributed by atoms with Crippen molar-refractivity contribution >= 4 is 62.9 Å². The third kappa shape index (κ3) is 7.68. The lowest BCUT2D eigenvalue weighted by atomic mass is 9.86. The molecule has 1 aliphatic heterocycles. The number of amides is 2. The van der Waals surface area contributed by atoms with Crippen LogP contribution in [-0.2, 0) is 21.5 Å². The van der Waals surface area contributed by atoms with Crippen LogP contribution in [0.25, 0.3) is 10.8 Å². The molecular formula is C36H40N5O6PS. The number of fused-ring (bicyclic) bond motifs is 2. The van der Waals surface area contributed by atoms with E-state index >= 15 is 0 Å². The van der Waals surface area contributed by atoms with E-state index in [1.54, 1.807) is 37.7 Å². The third-order valence-electron chi connectivity index (χ3n) is 8.18. The Labute approximate surface area is 287 Å². The molecule has 0 radical (unpaired) electrons. The summed E-state index contributed by atoms with van der Waals surface area (Å²) in [7, 11) is -3.85. The maximum Gasteiger partial charge on any atom is 0.323 e. The van der Waals surface area contributed by atoms with Crippen LogP contribution in [-0.4, -0.2) is 45.5 Å². The summed E-state index contributed by atoms with van der Waals surface area (Å²) in [6.07, 6.45) is 1.58. The second-order valence-corrected chi connectivity index (χ2v) is 18.8. The van der Waals surface area contributed by atoms with Crippen LogP contribution >= 0.6 is 17.7 Å². The van der Waals surface area contributed by atoms with Gasteiger partial charge in [0.1, 0.15) is 12.9 Å². The molecule has 256 valence electrons. The Kier molecular flexibility index (Phi) is 9.10. The van der Waals surface area contributed by atoms with Gasteiger partial charge < -0.3 is 30.0 Å². The molecule has 11 nitrogen and oxygen atoms in total. The minimum Gasteiger partial charge on any atom is -0.494 e. The van der Waals surface area contributed by atoms with Gasteiger partial charge in [-0.15, -0.1) is 0 Å². The minimum atomic E-state index is -2.74. The molecule has 0 aliphatic carbocycles. The van der Waals surface area contributed by atoms with Crippen molar-refractivity contribution in [2.75, 3.05) is 36.4 Å². The second-order valence-electron chi connectivity index (χ2n) is 13.4. The van der Waals surface area contributed by atoms with Crippen LogP contribution in [0.4, 0.5) is 27.8 Å². The molecule has 0 atom stereocenters. The normalized spacial score (nSPS) is 14.5. The molecule has 2 amide bonds. The molecule has 13 heteroatoms. The molecular weight excluding hydrogens is 661 g/mol. The highest BCUT2D eigenvalue weighted by Crippen LogP contribution is 2.53. The fourth-order valence-corrected chi connectivity index (χ4v) is 8.53. The molecule has 0 saturated carbocycles. The second kappa shape index (κ2) is 13.0. The number of urea groups is 1. The van der Waals surface area contributed by atoms with Gasteiger partial charge in [-0.05, 0) is 71.8 Å². The van der Waals surface area contributed by atoms with Gasteiger partial charge in [0.05, 0.1) is 35.3 Å². The number of ether oxygens (including phenoxy) is 2. The maximum absolute atomic E-state index is 13.4. The number of methoxy groups -OCH3 is 1. The van der Waals surface area contributed by atoms with E-state index in [0.717, 1.165) is 33.2 Å². The number of benzene rings is 4. The Morgan fingerprint density at radius 3 is 2.33 bits per heavy atom. The molecule has 1 aliphatic rings. The first kappa shape index (κ1) is 34.3. The number of hydrogen-bond acceptors (Lipinski definition) is 9. The Balaban J connectivity index is 1.22. The van der Waals surface area contributed by atoms with Crippen LogP contribution < -0.4 is 30.7 Å². The Hall–Kier alpha value is -4.61. The van der Waals surface area contributed by atoms with Crippen molar-refractivity contribution in [3.63, 3.8) is 0 Å². The van der Waals surface area contributed by atoms with E-state index < -0.39 is 23.8 Å². The standard InChI is InChI=1S/C36H40N5O6PS/c1-36(2,3)24-18-29(33(46-4)31(19-24)48(5,6)43)40-35(42)39-28-13-14-30(27-10-8-7-9-26(27)28)47-32-15-16-37-34(41-32)38-25-12-11-22-20-49(44,45)21-23(22)17-25/h7-19,44-45H,20-21H2,1-6H3,(H,37,38,41)(H2,39,40,42). The van der Waals surface area contributed by atoms with Crippen molar-refractivity contribution < 1.29 is 27.9 Å². The zero-order valence-corrected chi connectivity index (χ0v) is 29.9. The van der Waals surface area contributed by atoms with Crippen LogP contribution in [0.2, 0.25) is 0 Å². The minimum absolute atomic E-state index is 0.238. The molecule has 0 unspecified atom stereocenters. The Bertz CT molecular complexity index is 2130. The highest BCUT2D eigenvalue weighted by molar-refractivity contribution is 8.23. The summed E-state index contributed by atoms with van der Waals surface area (Å²) in [6, 6.07) is 21.6. The van der Waals surface area contributed by atoms with Gasteiger partial charge in [0.2, 0.25) is 11.8 Å². The first-order chi connectivity index (χ1) is 23.1. The summed E-state index contributed by atoms with van der Waals surface area (Å²) in [5, 5.41) is 11.1. The van der Waals surface area contributed by atoms with E-state index in [1.807, 2.05) is 54.6 Å². The van der Waals surface area contributed by atoms with Crippen molar-refractivity contribution in [3.05, 3.63) is 95.7 Å². The van der Waals surface area contributed by atoms with Gasteiger partial charge in [-0.3, -0.25) is 9.11 Å². The first-order valence-corrected chi connectivity index (χ1v) is 20.1. The monoisotopic (exact) mass is 701 g/mol. The lowest BCUT2D eigenvalue weighted by Gasteiger charge is -2.25. The van der Waals surface area contributed by atoms with E-state index in [1.165, 1.54) is 7.11 Å².